The molecule has 0 unspecified atom stereocenters. The standard InChI is InChI=1S/C32H46N4O4/c1-3-5-23-39-29-19-15-27(16-20-29)25-33-35-31(37)13-11-9-7-8-10-12-14-32(38)36-34-26-28-17-21-30(22-18-28)40-24-6-4-2/h15-22,25-26H,3-14,23-24H2,1-2H3,(H,35,37)(H,36,38)/b33-25-,34-26-. The van der Waals surface area contributed by atoms with Crippen LogP contribution in [0.3, 0.4) is 0 Å². The maximum absolute atomic E-state index is 12.0. The Labute approximate surface area is 239 Å². The fourth-order valence-corrected chi connectivity index (χ4v) is 3.72. The van der Waals surface area contributed by atoms with Crippen molar-refractivity contribution < 1.29 is 19.1 Å². The highest BCUT2D eigenvalue weighted by Gasteiger charge is 2.02. The number of hydrazone groups is 2. The molecule has 0 aliphatic carbocycles. The normalized spacial score (nSPS) is 11.2. The van der Waals surface area contributed by atoms with Crippen molar-refractivity contribution in [1.82, 2.24) is 10.9 Å². The molecule has 0 saturated heterocycles. The van der Waals surface area contributed by atoms with E-state index in [1.807, 2.05) is 48.5 Å². The first-order valence-electron chi connectivity index (χ1n) is 14.7. The van der Waals surface area contributed by atoms with Gasteiger partial charge in [-0.1, -0.05) is 52.4 Å². The zero-order valence-corrected chi connectivity index (χ0v) is 24.2. The molecule has 0 aromatic heterocycles. The molecule has 0 heterocycles. The summed E-state index contributed by atoms with van der Waals surface area (Å²) >= 11 is 0. The first-order chi connectivity index (χ1) is 19.6. The summed E-state index contributed by atoms with van der Waals surface area (Å²) in [7, 11) is 0. The van der Waals surface area contributed by atoms with E-state index in [-0.39, 0.29) is 11.8 Å². The molecule has 8 nitrogen and oxygen atoms in total. The van der Waals surface area contributed by atoms with Crippen molar-refractivity contribution in [2.45, 2.75) is 90.9 Å². The van der Waals surface area contributed by atoms with Crippen molar-refractivity contribution in [1.29, 1.82) is 0 Å². The number of benzene rings is 2. The average molecular weight is 551 g/mol. The van der Waals surface area contributed by atoms with E-state index in [4.69, 9.17) is 9.47 Å². The summed E-state index contributed by atoms with van der Waals surface area (Å²) < 4.78 is 11.3. The van der Waals surface area contributed by atoms with Gasteiger partial charge in [-0.3, -0.25) is 9.59 Å². The molecule has 0 fully saturated rings. The van der Waals surface area contributed by atoms with Gasteiger partial charge in [-0.15, -0.1) is 0 Å². The minimum atomic E-state index is -0.0794. The zero-order valence-electron chi connectivity index (χ0n) is 24.2. The fourth-order valence-electron chi connectivity index (χ4n) is 3.72. The van der Waals surface area contributed by atoms with Gasteiger partial charge in [-0.05, 0) is 85.3 Å². The van der Waals surface area contributed by atoms with E-state index in [1.165, 1.54) is 0 Å². The van der Waals surface area contributed by atoms with Crippen molar-refractivity contribution in [2.75, 3.05) is 13.2 Å². The second kappa shape index (κ2) is 21.2. The number of rotatable bonds is 21. The SMILES string of the molecule is CCCCOc1ccc(/C=N\NC(=O)CCCCCCCCC(=O)N/N=C\c2ccc(OCCCC)cc2)cc1. The van der Waals surface area contributed by atoms with Crippen molar-refractivity contribution in [3.63, 3.8) is 0 Å². The Morgan fingerprint density at radius 1 is 0.600 bits per heavy atom. The van der Waals surface area contributed by atoms with E-state index in [1.54, 1.807) is 12.4 Å². The Morgan fingerprint density at radius 2 is 0.975 bits per heavy atom. The summed E-state index contributed by atoms with van der Waals surface area (Å²) in [4.78, 5) is 24.0. The molecule has 2 amide bonds. The number of hydrogen-bond acceptors (Lipinski definition) is 6. The van der Waals surface area contributed by atoms with Crippen LogP contribution in [-0.2, 0) is 9.59 Å². The lowest BCUT2D eigenvalue weighted by atomic mass is 10.1. The topological polar surface area (TPSA) is 101 Å². The summed E-state index contributed by atoms with van der Waals surface area (Å²) in [5.74, 6) is 1.52. The van der Waals surface area contributed by atoms with Gasteiger partial charge in [0, 0.05) is 12.8 Å². The molecule has 0 aliphatic rings. The van der Waals surface area contributed by atoms with Crippen LogP contribution < -0.4 is 20.3 Å². The molecule has 40 heavy (non-hydrogen) atoms. The van der Waals surface area contributed by atoms with Crippen LogP contribution in [0.5, 0.6) is 11.5 Å². The number of amides is 2. The number of hydrogen-bond donors (Lipinski definition) is 2. The molecular weight excluding hydrogens is 504 g/mol. The summed E-state index contributed by atoms with van der Waals surface area (Å²) in [5.41, 5.74) is 6.98. The Morgan fingerprint density at radius 3 is 1.35 bits per heavy atom. The molecule has 0 atom stereocenters. The number of unbranched alkanes of at least 4 members (excludes halogenated alkanes) is 7. The third kappa shape index (κ3) is 15.7. The van der Waals surface area contributed by atoms with Gasteiger partial charge in [0.15, 0.2) is 0 Å². The Kier molecular flexibility index (Phi) is 17.2. The zero-order chi connectivity index (χ0) is 28.7. The van der Waals surface area contributed by atoms with E-state index >= 15 is 0 Å². The van der Waals surface area contributed by atoms with Gasteiger partial charge in [0.25, 0.3) is 0 Å². The van der Waals surface area contributed by atoms with E-state index in [9.17, 15) is 9.59 Å². The molecule has 0 aliphatic heterocycles. The first-order valence-corrected chi connectivity index (χ1v) is 14.7. The highest BCUT2D eigenvalue weighted by molar-refractivity contribution is 5.83. The predicted molar refractivity (Wildman–Crippen MR) is 162 cm³/mol. The fraction of sp³-hybridized carbons (Fsp3) is 0.500. The van der Waals surface area contributed by atoms with Crippen LogP contribution in [0.2, 0.25) is 0 Å². The van der Waals surface area contributed by atoms with E-state index in [0.29, 0.717) is 12.8 Å². The summed E-state index contributed by atoms with van der Waals surface area (Å²) in [6.45, 7) is 5.71. The van der Waals surface area contributed by atoms with E-state index in [2.05, 4.69) is 34.9 Å². The first kappa shape index (κ1) is 32.5. The minimum Gasteiger partial charge on any atom is -0.494 e. The molecule has 2 rings (SSSR count). The van der Waals surface area contributed by atoms with Crippen LogP contribution in [0.1, 0.15) is 102 Å². The molecule has 2 N–H and O–H groups in total. The van der Waals surface area contributed by atoms with Crippen LogP contribution in [0.15, 0.2) is 58.7 Å². The van der Waals surface area contributed by atoms with Gasteiger partial charge in [0.05, 0.1) is 25.6 Å². The van der Waals surface area contributed by atoms with Gasteiger partial charge in [0.1, 0.15) is 11.5 Å². The van der Waals surface area contributed by atoms with Crippen LogP contribution in [0.4, 0.5) is 0 Å². The smallest absolute Gasteiger partial charge is 0.240 e. The molecule has 0 radical (unpaired) electrons. The monoisotopic (exact) mass is 550 g/mol. The maximum atomic E-state index is 12.0. The highest BCUT2D eigenvalue weighted by atomic mass is 16.5. The molecular formula is C32H46N4O4. The third-order valence-corrected chi connectivity index (χ3v) is 6.16. The van der Waals surface area contributed by atoms with Gasteiger partial charge < -0.3 is 9.47 Å². The quantitative estimate of drug-likeness (QED) is 0.102. The third-order valence-electron chi connectivity index (χ3n) is 6.16. The van der Waals surface area contributed by atoms with Crippen LogP contribution in [-0.4, -0.2) is 37.5 Å². The molecule has 0 spiro atoms. The largest absolute Gasteiger partial charge is 0.494 e. The number of ether oxygens (including phenoxy) is 2. The number of carbonyl (C=O) groups is 2. The summed E-state index contributed by atoms with van der Waals surface area (Å²) in [5, 5.41) is 8.08. The van der Waals surface area contributed by atoms with Gasteiger partial charge >= 0.3 is 0 Å². The van der Waals surface area contributed by atoms with Crippen LogP contribution in [0.25, 0.3) is 0 Å². The van der Waals surface area contributed by atoms with Crippen LogP contribution in [0, 0.1) is 0 Å². The molecule has 0 saturated carbocycles. The average Bonchev–Trinajstić information content (AvgIpc) is 2.96. The summed E-state index contributed by atoms with van der Waals surface area (Å²) in [6, 6.07) is 15.3. The summed E-state index contributed by atoms with van der Waals surface area (Å²) in [6.07, 6.45) is 14.2. The molecule has 2 aromatic rings. The second-order valence-electron chi connectivity index (χ2n) is 9.75. The highest BCUT2D eigenvalue weighted by Crippen LogP contribution is 2.13. The second-order valence-corrected chi connectivity index (χ2v) is 9.75. The van der Waals surface area contributed by atoms with Crippen molar-refractivity contribution in [3.05, 3.63) is 59.7 Å². The van der Waals surface area contributed by atoms with Gasteiger partial charge in [-0.25, -0.2) is 10.9 Å². The van der Waals surface area contributed by atoms with Crippen molar-refractivity contribution in [2.24, 2.45) is 10.2 Å². The van der Waals surface area contributed by atoms with E-state index < -0.39 is 0 Å². The lowest BCUT2D eigenvalue weighted by Gasteiger charge is -2.05. The maximum Gasteiger partial charge on any atom is 0.240 e. The Balaban J connectivity index is 1.45. The van der Waals surface area contributed by atoms with Crippen molar-refractivity contribution >= 4 is 24.2 Å². The lowest BCUT2D eigenvalue weighted by molar-refractivity contribution is -0.122. The molecule has 0 bridgehead atoms. The van der Waals surface area contributed by atoms with Gasteiger partial charge in [-0.2, -0.15) is 10.2 Å². The Hall–Kier alpha value is -3.68. The molecule has 8 heteroatoms. The van der Waals surface area contributed by atoms with Crippen LogP contribution >= 0.6 is 0 Å². The lowest BCUT2D eigenvalue weighted by Crippen LogP contribution is -2.17. The molecule has 2 aromatic carbocycles. The number of carbonyl (C=O) groups excluding carboxylic acids is 2. The van der Waals surface area contributed by atoms with Crippen molar-refractivity contribution in [3.8, 4) is 11.5 Å². The molecule has 218 valence electrons. The number of nitrogens with zero attached hydrogens (tertiary/aromatic N) is 2. The Bertz CT molecular complexity index is 937. The minimum absolute atomic E-state index is 0.0794. The van der Waals surface area contributed by atoms with E-state index in [0.717, 1.165) is 100 Å². The predicted octanol–water partition coefficient (Wildman–Crippen LogP) is 6.77. The van der Waals surface area contributed by atoms with Gasteiger partial charge in [0.2, 0.25) is 11.8 Å². The number of nitrogens with one attached hydrogen (secondary N) is 2.